The smallest absolute Gasteiger partial charge is 0.410 e. The number of ether oxygens (including phenoxy) is 2. The first kappa shape index (κ1) is 18.5. The van der Waals surface area contributed by atoms with Crippen molar-refractivity contribution in [1.29, 1.82) is 0 Å². The lowest BCUT2D eigenvalue weighted by atomic mass is 9.95. The molecular formula is C18H34N2O3. The lowest BCUT2D eigenvalue weighted by molar-refractivity contribution is 0.0161. The van der Waals surface area contributed by atoms with Crippen LogP contribution in [0.3, 0.4) is 0 Å². The highest BCUT2D eigenvalue weighted by atomic mass is 16.6. The molecule has 0 aromatic carbocycles. The Bertz CT molecular complexity index is 377. The summed E-state index contributed by atoms with van der Waals surface area (Å²) < 4.78 is 10.8. The molecule has 23 heavy (non-hydrogen) atoms. The SMILES string of the molecule is COCC(NCCC1CCCN(C(=O)OC(C)(C)C)C1)C1CC1. The summed E-state index contributed by atoms with van der Waals surface area (Å²) in [5.41, 5.74) is -0.413. The standard InChI is InChI=1S/C18H34N2O3/c1-18(2,3)23-17(21)20-11-5-6-14(12-20)9-10-19-16(13-22-4)15-7-8-15/h14-16,19H,5-13H2,1-4H3. The molecule has 2 aliphatic rings. The molecule has 0 aromatic rings. The van der Waals surface area contributed by atoms with Gasteiger partial charge in [0.15, 0.2) is 0 Å². The highest BCUT2D eigenvalue weighted by Gasteiger charge is 2.31. The molecule has 1 saturated heterocycles. The minimum absolute atomic E-state index is 0.162. The predicted molar refractivity (Wildman–Crippen MR) is 91.5 cm³/mol. The zero-order valence-corrected chi connectivity index (χ0v) is 15.3. The topological polar surface area (TPSA) is 50.8 Å². The van der Waals surface area contributed by atoms with E-state index in [1.807, 2.05) is 25.7 Å². The summed E-state index contributed by atoms with van der Waals surface area (Å²) in [6.45, 7) is 9.23. The van der Waals surface area contributed by atoms with E-state index in [4.69, 9.17) is 9.47 Å². The van der Waals surface area contributed by atoms with Crippen molar-refractivity contribution in [3.63, 3.8) is 0 Å². The number of likely N-dealkylation sites (tertiary alicyclic amines) is 1. The van der Waals surface area contributed by atoms with Crippen molar-refractivity contribution in [2.75, 3.05) is 33.4 Å². The first-order valence-electron chi connectivity index (χ1n) is 9.09. The van der Waals surface area contributed by atoms with Crippen LogP contribution in [0.15, 0.2) is 0 Å². The third-order valence-electron chi connectivity index (χ3n) is 4.67. The molecule has 0 radical (unpaired) electrons. The molecule has 2 atom stereocenters. The number of carbonyl (C=O) groups excluding carboxylic acids is 1. The summed E-state index contributed by atoms with van der Waals surface area (Å²) >= 11 is 0. The summed E-state index contributed by atoms with van der Waals surface area (Å²) in [6, 6.07) is 0.505. The monoisotopic (exact) mass is 326 g/mol. The maximum atomic E-state index is 12.2. The first-order chi connectivity index (χ1) is 10.9. The van der Waals surface area contributed by atoms with Crippen LogP contribution in [0.5, 0.6) is 0 Å². The van der Waals surface area contributed by atoms with Gasteiger partial charge in [0.05, 0.1) is 6.61 Å². The molecule has 0 aromatic heterocycles. The second-order valence-corrected chi connectivity index (χ2v) is 8.08. The second-order valence-electron chi connectivity index (χ2n) is 8.08. The van der Waals surface area contributed by atoms with Gasteiger partial charge in [-0.25, -0.2) is 4.79 Å². The molecule has 134 valence electrons. The lowest BCUT2D eigenvalue weighted by Gasteiger charge is -2.34. The Labute approximate surface area is 141 Å². The zero-order chi connectivity index (χ0) is 16.9. The maximum absolute atomic E-state index is 12.2. The van der Waals surface area contributed by atoms with E-state index in [1.54, 1.807) is 7.11 Å². The van der Waals surface area contributed by atoms with E-state index in [0.29, 0.717) is 12.0 Å². The Morgan fingerprint density at radius 2 is 2.04 bits per heavy atom. The van der Waals surface area contributed by atoms with Gasteiger partial charge < -0.3 is 19.7 Å². The van der Waals surface area contributed by atoms with Crippen molar-refractivity contribution < 1.29 is 14.3 Å². The molecule has 0 bridgehead atoms. The van der Waals surface area contributed by atoms with Crippen LogP contribution in [-0.2, 0) is 9.47 Å². The van der Waals surface area contributed by atoms with E-state index >= 15 is 0 Å². The van der Waals surface area contributed by atoms with Crippen molar-refractivity contribution in [2.45, 2.75) is 64.5 Å². The van der Waals surface area contributed by atoms with Crippen molar-refractivity contribution in [3.05, 3.63) is 0 Å². The molecule has 5 heteroatoms. The summed E-state index contributed by atoms with van der Waals surface area (Å²) in [5.74, 6) is 1.38. The summed E-state index contributed by atoms with van der Waals surface area (Å²) in [6.07, 6.45) is 5.90. The number of rotatable bonds is 7. The normalized spacial score (nSPS) is 23.7. The predicted octanol–water partition coefficient (Wildman–Crippen LogP) is 3.04. The van der Waals surface area contributed by atoms with Gasteiger partial charge >= 0.3 is 6.09 Å². The van der Waals surface area contributed by atoms with E-state index in [0.717, 1.165) is 45.0 Å². The van der Waals surface area contributed by atoms with Gasteiger partial charge in [-0.1, -0.05) is 0 Å². The highest BCUT2D eigenvalue weighted by molar-refractivity contribution is 5.68. The summed E-state index contributed by atoms with van der Waals surface area (Å²) in [4.78, 5) is 14.1. The Kier molecular flexibility index (Phi) is 6.72. The fraction of sp³-hybridized carbons (Fsp3) is 0.944. The van der Waals surface area contributed by atoms with Gasteiger partial charge in [0, 0.05) is 26.2 Å². The van der Waals surface area contributed by atoms with Crippen LogP contribution in [0, 0.1) is 11.8 Å². The first-order valence-corrected chi connectivity index (χ1v) is 9.09. The summed E-state index contributed by atoms with van der Waals surface area (Å²) in [5, 5.41) is 3.65. The minimum atomic E-state index is -0.413. The number of carbonyl (C=O) groups is 1. The van der Waals surface area contributed by atoms with Crippen molar-refractivity contribution in [1.82, 2.24) is 10.2 Å². The molecule has 1 aliphatic heterocycles. The lowest BCUT2D eigenvalue weighted by Crippen LogP contribution is -2.44. The molecule has 2 rings (SSSR count). The Morgan fingerprint density at radius 3 is 2.65 bits per heavy atom. The fourth-order valence-electron chi connectivity index (χ4n) is 3.31. The van der Waals surface area contributed by atoms with Crippen molar-refractivity contribution in [3.8, 4) is 0 Å². The van der Waals surface area contributed by atoms with E-state index in [2.05, 4.69) is 5.32 Å². The molecule has 2 fully saturated rings. The number of methoxy groups -OCH3 is 1. The molecule has 1 aliphatic carbocycles. The second kappa shape index (κ2) is 8.34. The van der Waals surface area contributed by atoms with E-state index in [-0.39, 0.29) is 6.09 Å². The molecule has 1 amide bonds. The largest absolute Gasteiger partial charge is 0.444 e. The van der Waals surface area contributed by atoms with Crippen LogP contribution in [0.2, 0.25) is 0 Å². The quantitative estimate of drug-likeness (QED) is 0.781. The minimum Gasteiger partial charge on any atom is -0.444 e. The molecule has 1 N–H and O–H groups in total. The third kappa shape index (κ3) is 6.68. The average molecular weight is 326 g/mol. The molecule has 0 spiro atoms. The van der Waals surface area contributed by atoms with Crippen LogP contribution in [0.25, 0.3) is 0 Å². The Hall–Kier alpha value is -0.810. The van der Waals surface area contributed by atoms with Crippen LogP contribution in [0.4, 0.5) is 4.79 Å². The Balaban J connectivity index is 1.70. The van der Waals surface area contributed by atoms with Crippen molar-refractivity contribution >= 4 is 6.09 Å². The highest BCUT2D eigenvalue weighted by Crippen LogP contribution is 2.32. The van der Waals surface area contributed by atoms with Crippen LogP contribution < -0.4 is 5.32 Å². The van der Waals surface area contributed by atoms with Gasteiger partial charge in [-0.05, 0) is 71.3 Å². The number of piperidine rings is 1. The van der Waals surface area contributed by atoms with Crippen molar-refractivity contribution in [2.24, 2.45) is 11.8 Å². The van der Waals surface area contributed by atoms with Crippen LogP contribution in [-0.4, -0.2) is 56.0 Å². The fourth-order valence-corrected chi connectivity index (χ4v) is 3.31. The van der Waals surface area contributed by atoms with Gasteiger partial charge in [0.25, 0.3) is 0 Å². The summed E-state index contributed by atoms with van der Waals surface area (Å²) in [7, 11) is 1.77. The van der Waals surface area contributed by atoms with E-state index in [1.165, 1.54) is 19.3 Å². The number of nitrogens with zero attached hydrogens (tertiary/aromatic N) is 1. The molecule has 5 nitrogen and oxygen atoms in total. The number of nitrogens with one attached hydrogen (secondary N) is 1. The third-order valence-corrected chi connectivity index (χ3v) is 4.67. The Morgan fingerprint density at radius 1 is 1.30 bits per heavy atom. The number of hydrogen-bond acceptors (Lipinski definition) is 4. The van der Waals surface area contributed by atoms with Gasteiger partial charge in [-0.15, -0.1) is 0 Å². The molecule has 1 saturated carbocycles. The average Bonchev–Trinajstić information content (AvgIpc) is 3.29. The molecule has 2 unspecified atom stereocenters. The van der Waals surface area contributed by atoms with E-state index in [9.17, 15) is 4.79 Å². The molecular weight excluding hydrogens is 292 g/mol. The van der Waals surface area contributed by atoms with Gasteiger partial charge in [-0.2, -0.15) is 0 Å². The van der Waals surface area contributed by atoms with Gasteiger partial charge in [0.2, 0.25) is 0 Å². The van der Waals surface area contributed by atoms with Crippen LogP contribution in [0.1, 0.15) is 52.9 Å². The zero-order valence-electron chi connectivity index (χ0n) is 15.3. The maximum Gasteiger partial charge on any atom is 0.410 e. The number of hydrogen-bond donors (Lipinski definition) is 1. The molecule has 1 heterocycles. The van der Waals surface area contributed by atoms with Crippen LogP contribution >= 0.6 is 0 Å². The van der Waals surface area contributed by atoms with E-state index < -0.39 is 5.60 Å². The van der Waals surface area contributed by atoms with Gasteiger partial charge in [0.1, 0.15) is 5.60 Å². The number of amides is 1. The van der Waals surface area contributed by atoms with Gasteiger partial charge in [-0.3, -0.25) is 0 Å².